The van der Waals surface area contributed by atoms with E-state index in [4.69, 9.17) is 0 Å². The summed E-state index contributed by atoms with van der Waals surface area (Å²) in [6.45, 7) is 7.68. The normalized spacial score (nSPS) is 12.7. The standard InChI is InChI=1S/C17H23N3O3S2/c1-10-6-7-14(9-16(10)25(22,23)18-5)20-17(21)19-12(3)15-8-11(2)24-13(15)4/h6-9,12,18H,1-5H3,(H2,19,20,21). The van der Waals surface area contributed by atoms with Crippen molar-refractivity contribution in [2.45, 2.75) is 38.6 Å². The van der Waals surface area contributed by atoms with Gasteiger partial charge in [0, 0.05) is 15.4 Å². The molecule has 0 aliphatic carbocycles. The van der Waals surface area contributed by atoms with Gasteiger partial charge in [0.15, 0.2) is 0 Å². The number of aryl methyl sites for hydroxylation is 3. The Morgan fingerprint density at radius 1 is 1.16 bits per heavy atom. The number of thiophene rings is 1. The molecule has 8 heteroatoms. The van der Waals surface area contributed by atoms with Crippen molar-refractivity contribution >= 4 is 33.1 Å². The van der Waals surface area contributed by atoms with Crippen molar-refractivity contribution in [3.8, 4) is 0 Å². The van der Waals surface area contributed by atoms with Gasteiger partial charge in [-0.15, -0.1) is 11.3 Å². The first-order valence-electron chi connectivity index (χ1n) is 7.82. The Labute approximate surface area is 152 Å². The lowest BCUT2D eigenvalue weighted by atomic mass is 10.1. The second kappa shape index (κ2) is 7.55. The highest BCUT2D eigenvalue weighted by Crippen LogP contribution is 2.26. The number of urea groups is 1. The SMILES string of the molecule is CNS(=O)(=O)c1cc(NC(=O)NC(C)c2cc(C)sc2C)ccc1C. The highest BCUT2D eigenvalue weighted by Gasteiger charge is 2.17. The summed E-state index contributed by atoms with van der Waals surface area (Å²) in [5.74, 6) is 0. The zero-order valence-corrected chi connectivity index (χ0v) is 16.6. The molecule has 136 valence electrons. The largest absolute Gasteiger partial charge is 0.331 e. The van der Waals surface area contributed by atoms with Gasteiger partial charge in [0.1, 0.15) is 0 Å². The number of carbonyl (C=O) groups is 1. The third-order valence-corrected chi connectivity index (χ3v) is 6.44. The van der Waals surface area contributed by atoms with Crippen LogP contribution in [0.15, 0.2) is 29.2 Å². The first-order chi connectivity index (χ1) is 11.6. The van der Waals surface area contributed by atoms with E-state index in [9.17, 15) is 13.2 Å². The van der Waals surface area contributed by atoms with E-state index in [1.165, 1.54) is 22.9 Å². The van der Waals surface area contributed by atoms with E-state index in [0.717, 1.165) is 5.56 Å². The predicted octanol–water partition coefficient (Wildman–Crippen LogP) is 3.46. The predicted molar refractivity (Wildman–Crippen MR) is 102 cm³/mol. The van der Waals surface area contributed by atoms with Gasteiger partial charge in [-0.1, -0.05) is 6.07 Å². The monoisotopic (exact) mass is 381 g/mol. The molecule has 0 bridgehead atoms. The summed E-state index contributed by atoms with van der Waals surface area (Å²) in [4.78, 5) is 14.8. The second-order valence-electron chi connectivity index (χ2n) is 5.88. The minimum atomic E-state index is -3.58. The van der Waals surface area contributed by atoms with Gasteiger partial charge in [0.05, 0.1) is 10.9 Å². The number of sulfonamides is 1. The van der Waals surface area contributed by atoms with Crippen molar-refractivity contribution in [1.29, 1.82) is 0 Å². The summed E-state index contributed by atoms with van der Waals surface area (Å²) in [6.07, 6.45) is 0. The zero-order chi connectivity index (χ0) is 18.8. The molecule has 0 radical (unpaired) electrons. The Morgan fingerprint density at radius 2 is 1.84 bits per heavy atom. The van der Waals surface area contributed by atoms with Gasteiger partial charge in [0.2, 0.25) is 10.0 Å². The molecule has 6 nitrogen and oxygen atoms in total. The van der Waals surface area contributed by atoms with E-state index in [0.29, 0.717) is 11.3 Å². The number of benzene rings is 1. The van der Waals surface area contributed by atoms with Crippen molar-refractivity contribution in [3.63, 3.8) is 0 Å². The van der Waals surface area contributed by atoms with Crippen LogP contribution < -0.4 is 15.4 Å². The molecule has 0 aliphatic rings. The van der Waals surface area contributed by atoms with Crippen LogP contribution in [0, 0.1) is 20.8 Å². The van der Waals surface area contributed by atoms with Gasteiger partial charge >= 0.3 is 6.03 Å². The number of nitrogens with one attached hydrogen (secondary N) is 3. The molecular formula is C17H23N3O3S2. The van der Waals surface area contributed by atoms with Crippen LogP contribution in [0.2, 0.25) is 0 Å². The molecule has 1 aromatic heterocycles. The van der Waals surface area contributed by atoms with E-state index in [1.54, 1.807) is 30.4 Å². The van der Waals surface area contributed by atoms with Crippen molar-refractivity contribution in [1.82, 2.24) is 10.0 Å². The van der Waals surface area contributed by atoms with Gasteiger partial charge in [-0.25, -0.2) is 17.9 Å². The number of carbonyl (C=O) groups excluding carboxylic acids is 1. The highest BCUT2D eigenvalue weighted by molar-refractivity contribution is 7.89. The van der Waals surface area contributed by atoms with Crippen molar-refractivity contribution in [2.24, 2.45) is 0 Å². The lowest BCUT2D eigenvalue weighted by Gasteiger charge is -2.15. The summed E-state index contributed by atoms with van der Waals surface area (Å²) in [5, 5.41) is 5.57. The molecule has 0 aliphatic heterocycles. The Balaban J connectivity index is 2.13. The minimum absolute atomic E-state index is 0.143. The fourth-order valence-electron chi connectivity index (χ4n) is 2.60. The zero-order valence-electron chi connectivity index (χ0n) is 14.9. The maximum atomic E-state index is 12.2. The molecule has 2 rings (SSSR count). The van der Waals surface area contributed by atoms with Gasteiger partial charge in [-0.2, -0.15) is 0 Å². The van der Waals surface area contributed by atoms with Gasteiger partial charge in [0.25, 0.3) is 0 Å². The molecule has 2 amide bonds. The lowest BCUT2D eigenvalue weighted by Crippen LogP contribution is -2.31. The Kier molecular flexibility index (Phi) is 5.87. The fraction of sp³-hybridized carbons (Fsp3) is 0.353. The molecule has 1 heterocycles. The van der Waals surface area contributed by atoms with Gasteiger partial charge in [-0.05, 0) is 64.1 Å². The number of hydrogen-bond acceptors (Lipinski definition) is 4. The molecule has 0 saturated heterocycles. The molecule has 1 aromatic carbocycles. The lowest BCUT2D eigenvalue weighted by molar-refractivity contribution is 0.249. The molecule has 25 heavy (non-hydrogen) atoms. The second-order valence-corrected chi connectivity index (χ2v) is 9.19. The van der Waals surface area contributed by atoms with Crippen LogP contribution in [0.3, 0.4) is 0 Å². The summed E-state index contributed by atoms with van der Waals surface area (Å²) in [5.41, 5.74) is 2.11. The van der Waals surface area contributed by atoms with Crippen LogP contribution in [0.5, 0.6) is 0 Å². The molecule has 1 atom stereocenters. The van der Waals surface area contributed by atoms with Crippen LogP contribution in [0.1, 0.15) is 33.8 Å². The quantitative estimate of drug-likeness (QED) is 0.741. The number of amides is 2. The fourth-order valence-corrected chi connectivity index (χ4v) is 4.62. The summed E-state index contributed by atoms with van der Waals surface area (Å²) in [6, 6.07) is 6.33. The van der Waals surface area contributed by atoms with Crippen molar-refractivity contribution < 1.29 is 13.2 Å². The van der Waals surface area contributed by atoms with Gasteiger partial charge in [-0.3, -0.25) is 0 Å². The van der Waals surface area contributed by atoms with E-state index in [-0.39, 0.29) is 17.0 Å². The van der Waals surface area contributed by atoms with Crippen LogP contribution in [-0.4, -0.2) is 21.5 Å². The Hall–Kier alpha value is -1.90. The van der Waals surface area contributed by atoms with E-state index >= 15 is 0 Å². The van der Waals surface area contributed by atoms with Crippen LogP contribution >= 0.6 is 11.3 Å². The number of rotatable bonds is 5. The number of anilines is 1. The smallest absolute Gasteiger partial charge is 0.319 e. The highest BCUT2D eigenvalue weighted by atomic mass is 32.2. The Morgan fingerprint density at radius 3 is 2.40 bits per heavy atom. The third kappa shape index (κ3) is 4.59. The average molecular weight is 382 g/mol. The molecule has 2 aromatic rings. The molecule has 1 unspecified atom stereocenters. The summed E-state index contributed by atoms with van der Waals surface area (Å²) < 4.78 is 26.3. The summed E-state index contributed by atoms with van der Waals surface area (Å²) in [7, 11) is -2.22. The van der Waals surface area contributed by atoms with Crippen molar-refractivity contribution in [3.05, 3.63) is 45.1 Å². The maximum absolute atomic E-state index is 12.2. The summed E-state index contributed by atoms with van der Waals surface area (Å²) >= 11 is 1.69. The van der Waals surface area contributed by atoms with E-state index < -0.39 is 10.0 Å². The molecule has 3 N–H and O–H groups in total. The van der Waals surface area contributed by atoms with Gasteiger partial charge < -0.3 is 10.6 Å². The molecule has 0 saturated carbocycles. The first kappa shape index (κ1) is 19.4. The topological polar surface area (TPSA) is 87.3 Å². The first-order valence-corrected chi connectivity index (χ1v) is 10.1. The molecule has 0 spiro atoms. The molecular weight excluding hydrogens is 358 g/mol. The third-order valence-electron chi connectivity index (χ3n) is 3.90. The van der Waals surface area contributed by atoms with Crippen LogP contribution in [0.4, 0.5) is 10.5 Å². The Bertz CT molecular complexity index is 889. The van der Waals surface area contributed by atoms with Crippen LogP contribution in [0.25, 0.3) is 0 Å². The van der Waals surface area contributed by atoms with E-state index in [1.807, 2.05) is 20.8 Å². The average Bonchev–Trinajstić information content (AvgIpc) is 2.87. The minimum Gasteiger partial charge on any atom is -0.331 e. The number of hydrogen-bond donors (Lipinski definition) is 3. The maximum Gasteiger partial charge on any atom is 0.319 e. The van der Waals surface area contributed by atoms with Crippen LogP contribution in [-0.2, 0) is 10.0 Å². The van der Waals surface area contributed by atoms with E-state index in [2.05, 4.69) is 21.4 Å². The molecule has 0 fully saturated rings. The van der Waals surface area contributed by atoms with Crippen molar-refractivity contribution in [2.75, 3.05) is 12.4 Å².